The molecule has 0 saturated carbocycles. The molecule has 3 nitrogen and oxygen atoms in total. The van der Waals surface area contributed by atoms with Gasteiger partial charge < -0.3 is 4.90 Å². The van der Waals surface area contributed by atoms with Crippen LogP contribution in [0.2, 0.25) is 0 Å². The highest BCUT2D eigenvalue weighted by Gasteiger charge is 2.25. The number of hydrogen-bond acceptors (Lipinski definition) is 2. The fourth-order valence-electron chi connectivity index (χ4n) is 1.65. The van der Waals surface area contributed by atoms with E-state index in [0.29, 0.717) is 6.54 Å². The van der Waals surface area contributed by atoms with E-state index in [9.17, 15) is 4.79 Å². The number of carbonyl (C=O) groups is 1. The number of aliphatic imine (C=N–C) groups is 1. The molecule has 0 bridgehead atoms. The molecule has 3 heteroatoms. The third kappa shape index (κ3) is 1.31. The summed E-state index contributed by atoms with van der Waals surface area (Å²) in [6.07, 6.45) is 7.92. The van der Waals surface area contributed by atoms with Crippen molar-refractivity contribution >= 4 is 11.7 Å². The zero-order valence-electron chi connectivity index (χ0n) is 8.32. The van der Waals surface area contributed by atoms with Gasteiger partial charge in [0, 0.05) is 6.20 Å². The summed E-state index contributed by atoms with van der Waals surface area (Å²) in [5.41, 5.74) is 2.19. The van der Waals surface area contributed by atoms with Gasteiger partial charge in [-0.05, 0) is 31.1 Å². The van der Waals surface area contributed by atoms with Crippen LogP contribution in [0.3, 0.4) is 0 Å². The Kier molecular flexibility index (Phi) is 2.08. The molecule has 0 aromatic carbocycles. The molecule has 0 aromatic heterocycles. The summed E-state index contributed by atoms with van der Waals surface area (Å²) in [4.78, 5) is 17.0. The summed E-state index contributed by atoms with van der Waals surface area (Å²) < 4.78 is 0. The Bertz CT molecular complexity index is 400. The Hall–Kier alpha value is -1.64. The Balaban J connectivity index is 2.43. The predicted molar refractivity (Wildman–Crippen MR) is 55.8 cm³/mol. The quantitative estimate of drug-likeness (QED) is 0.626. The van der Waals surface area contributed by atoms with Gasteiger partial charge in [0.1, 0.15) is 12.4 Å². The molecular formula is C11H12N2O. The normalized spacial score (nSPS) is 20.9. The van der Waals surface area contributed by atoms with E-state index in [1.807, 2.05) is 43.2 Å². The van der Waals surface area contributed by atoms with Gasteiger partial charge in [-0.25, -0.2) is 0 Å². The molecule has 0 atom stereocenters. The Morgan fingerprint density at radius 1 is 1.57 bits per heavy atom. The number of carbonyl (C=O) groups excluding carboxylic acids is 1. The zero-order valence-corrected chi connectivity index (χ0v) is 8.32. The van der Waals surface area contributed by atoms with Crippen LogP contribution in [-0.4, -0.2) is 23.2 Å². The van der Waals surface area contributed by atoms with Gasteiger partial charge in [0.15, 0.2) is 0 Å². The zero-order chi connectivity index (χ0) is 10.1. The standard InChI is InChI=1S/C11H12N2O/c1-3-4-9-5-6-13-7-10(14)12-11(13)8(9)2/h3-6H,7H2,1-2H3/b4-3-. The maximum absolute atomic E-state index is 11.1. The molecule has 0 spiro atoms. The highest BCUT2D eigenvalue weighted by Crippen LogP contribution is 2.21. The molecule has 14 heavy (non-hydrogen) atoms. The molecule has 1 amide bonds. The van der Waals surface area contributed by atoms with E-state index in [4.69, 9.17) is 0 Å². The Morgan fingerprint density at radius 3 is 3.07 bits per heavy atom. The second-order valence-electron chi connectivity index (χ2n) is 3.35. The summed E-state index contributed by atoms with van der Waals surface area (Å²) in [6, 6.07) is 0. The highest BCUT2D eigenvalue weighted by atomic mass is 16.2. The Morgan fingerprint density at radius 2 is 2.36 bits per heavy atom. The average Bonchev–Trinajstić information content (AvgIpc) is 2.52. The van der Waals surface area contributed by atoms with Gasteiger partial charge in [0.2, 0.25) is 0 Å². The molecule has 0 aliphatic carbocycles. The lowest BCUT2D eigenvalue weighted by Crippen LogP contribution is -2.26. The molecule has 72 valence electrons. The van der Waals surface area contributed by atoms with Crippen molar-refractivity contribution in [3.8, 4) is 0 Å². The molecule has 2 aliphatic rings. The van der Waals surface area contributed by atoms with Crippen LogP contribution in [0.1, 0.15) is 13.8 Å². The second-order valence-corrected chi connectivity index (χ2v) is 3.35. The van der Waals surface area contributed by atoms with Crippen molar-refractivity contribution in [2.45, 2.75) is 13.8 Å². The lowest BCUT2D eigenvalue weighted by Gasteiger charge is -2.20. The number of allylic oxidation sites excluding steroid dienone is 4. The maximum Gasteiger partial charge on any atom is 0.267 e. The van der Waals surface area contributed by atoms with Gasteiger partial charge in [-0.1, -0.05) is 12.2 Å². The first-order chi connectivity index (χ1) is 6.72. The third-order valence-electron chi connectivity index (χ3n) is 2.36. The summed E-state index contributed by atoms with van der Waals surface area (Å²) in [5, 5.41) is 0. The molecule has 0 unspecified atom stereocenters. The summed E-state index contributed by atoms with van der Waals surface area (Å²) in [7, 11) is 0. The first-order valence-electron chi connectivity index (χ1n) is 4.62. The van der Waals surface area contributed by atoms with E-state index in [-0.39, 0.29) is 5.91 Å². The minimum Gasteiger partial charge on any atom is -0.323 e. The van der Waals surface area contributed by atoms with Crippen LogP contribution in [0.25, 0.3) is 0 Å². The summed E-state index contributed by atoms with van der Waals surface area (Å²) in [6.45, 7) is 4.34. The van der Waals surface area contributed by atoms with Crippen molar-refractivity contribution in [3.05, 3.63) is 35.6 Å². The van der Waals surface area contributed by atoms with Gasteiger partial charge in [-0.3, -0.25) is 4.79 Å². The maximum atomic E-state index is 11.1. The molecule has 0 saturated heterocycles. The fraction of sp³-hybridized carbons (Fsp3) is 0.273. The Labute approximate surface area is 83.1 Å². The molecule has 0 N–H and O–H groups in total. The lowest BCUT2D eigenvalue weighted by molar-refractivity contribution is -0.116. The van der Waals surface area contributed by atoms with Crippen molar-refractivity contribution in [2.75, 3.05) is 6.54 Å². The fourth-order valence-corrected chi connectivity index (χ4v) is 1.65. The third-order valence-corrected chi connectivity index (χ3v) is 2.36. The number of amides is 1. The van der Waals surface area contributed by atoms with Crippen LogP contribution in [0.15, 0.2) is 40.6 Å². The highest BCUT2D eigenvalue weighted by molar-refractivity contribution is 6.11. The topological polar surface area (TPSA) is 32.7 Å². The number of nitrogens with zero attached hydrogens (tertiary/aromatic N) is 2. The predicted octanol–water partition coefficient (Wildman–Crippen LogP) is 1.65. The van der Waals surface area contributed by atoms with E-state index in [2.05, 4.69) is 4.99 Å². The van der Waals surface area contributed by atoms with Crippen LogP contribution in [-0.2, 0) is 4.79 Å². The van der Waals surface area contributed by atoms with Crippen molar-refractivity contribution in [1.29, 1.82) is 0 Å². The second kappa shape index (κ2) is 3.25. The average molecular weight is 188 g/mol. The van der Waals surface area contributed by atoms with E-state index >= 15 is 0 Å². The summed E-state index contributed by atoms with van der Waals surface area (Å²) in [5.74, 6) is 0.733. The smallest absolute Gasteiger partial charge is 0.267 e. The van der Waals surface area contributed by atoms with Crippen molar-refractivity contribution in [2.24, 2.45) is 4.99 Å². The first kappa shape index (κ1) is 8.94. The van der Waals surface area contributed by atoms with E-state index in [0.717, 1.165) is 17.0 Å². The monoisotopic (exact) mass is 188 g/mol. The van der Waals surface area contributed by atoms with E-state index in [1.165, 1.54) is 0 Å². The van der Waals surface area contributed by atoms with Crippen LogP contribution >= 0.6 is 0 Å². The molecule has 0 aromatic rings. The molecule has 2 heterocycles. The number of hydrogen-bond donors (Lipinski definition) is 0. The van der Waals surface area contributed by atoms with Gasteiger partial charge in [0.25, 0.3) is 5.91 Å². The van der Waals surface area contributed by atoms with E-state index in [1.54, 1.807) is 0 Å². The van der Waals surface area contributed by atoms with Gasteiger partial charge in [-0.2, -0.15) is 4.99 Å². The van der Waals surface area contributed by atoms with E-state index < -0.39 is 0 Å². The first-order valence-corrected chi connectivity index (χ1v) is 4.62. The number of fused-ring (bicyclic) bond motifs is 1. The minimum absolute atomic E-state index is 0.0641. The van der Waals surface area contributed by atoms with Crippen molar-refractivity contribution < 1.29 is 4.79 Å². The molecule has 0 radical (unpaired) electrons. The van der Waals surface area contributed by atoms with Gasteiger partial charge in [0.05, 0.1) is 0 Å². The SMILES string of the molecule is C/C=C\C1=C(C)C2=NC(=O)CN2C=C1. The van der Waals surface area contributed by atoms with Crippen molar-refractivity contribution in [3.63, 3.8) is 0 Å². The van der Waals surface area contributed by atoms with Crippen LogP contribution in [0.4, 0.5) is 0 Å². The molecule has 0 fully saturated rings. The number of rotatable bonds is 1. The van der Waals surface area contributed by atoms with Gasteiger partial charge in [-0.15, -0.1) is 0 Å². The van der Waals surface area contributed by atoms with Crippen LogP contribution < -0.4 is 0 Å². The van der Waals surface area contributed by atoms with Crippen molar-refractivity contribution in [1.82, 2.24) is 4.90 Å². The minimum atomic E-state index is -0.0641. The molecule has 2 aliphatic heterocycles. The summed E-state index contributed by atoms with van der Waals surface area (Å²) >= 11 is 0. The van der Waals surface area contributed by atoms with Crippen LogP contribution in [0.5, 0.6) is 0 Å². The molecular weight excluding hydrogens is 176 g/mol. The molecule has 2 rings (SSSR count). The number of amidine groups is 1. The largest absolute Gasteiger partial charge is 0.323 e. The lowest BCUT2D eigenvalue weighted by atomic mass is 10.1. The van der Waals surface area contributed by atoms with Crippen LogP contribution in [0, 0.1) is 0 Å². The van der Waals surface area contributed by atoms with Gasteiger partial charge >= 0.3 is 0 Å².